The van der Waals surface area contributed by atoms with Gasteiger partial charge in [-0.1, -0.05) is 87.3 Å². The molecule has 0 radical (unpaired) electrons. The van der Waals surface area contributed by atoms with Crippen LogP contribution in [0.3, 0.4) is 0 Å². The highest BCUT2D eigenvalue weighted by Gasteiger charge is 2.17. The number of aromatic nitrogens is 4. The monoisotopic (exact) mass is 887 g/mol. The summed E-state index contributed by atoms with van der Waals surface area (Å²) in [6.07, 6.45) is 21.8. The number of H-pyrrole nitrogens is 2. The molecule has 0 fully saturated rings. The molecule has 5 aromatic rings. The number of terminal acetylenes is 2. The zero-order valence-electron chi connectivity index (χ0n) is 39.7. The molecule has 63 heavy (non-hydrogen) atoms. The average Bonchev–Trinajstić information content (AvgIpc) is 4.05. The van der Waals surface area contributed by atoms with Crippen molar-refractivity contribution < 1.29 is 23.9 Å². The van der Waals surface area contributed by atoms with Gasteiger partial charge in [-0.05, 0) is 80.4 Å². The third-order valence-corrected chi connectivity index (χ3v) is 9.06. The Labute approximate surface area is 381 Å². The van der Waals surface area contributed by atoms with Crippen LogP contribution in [0, 0.1) is 25.7 Å². The van der Waals surface area contributed by atoms with Gasteiger partial charge in [0.05, 0.1) is 48.8 Å². The van der Waals surface area contributed by atoms with E-state index < -0.39 is 6.09 Å². The lowest BCUT2D eigenvalue weighted by atomic mass is 10.1. The van der Waals surface area contributed by atoms with Crippen LogP contribution in [0.5, 0.6) is 0 Å². The van der Waals surface area contributed by atoms with Crippen LogP contribution >= 0.6 is 11.3 Å². The highest BCUT2D eigenvalue weighted by molar-refractivity contribution is 7.18. The fourth-order valence-corrected chi connectivity index (χ4v) is 6.49. The van der Waals surface area contributed by atoms with E-state index in [0.29, 0.717) is 31.6 Å². The molecule has 0 saturated heterocycles. The van der Waals surface area contributed by atoms with Crippen LogP contribution in [0.1, 0.15) is 112 Å². The highest BCUT2D eigenvalue weighted by Crippen LogP contribution is 2.36. The summed E-state index contributed by atoms with van der Waals surface area (Å²) in [6.45, 7) is 21.4. The Hall–Kier alpha value is -5.96. The second kappa shape index (κ2) is 36.7. The number of carbonyl (C=O) groups is 4. The van der Waals surface area contributed by atoms with Crippen LogP contribution < -0.4 is 10.6 Å². The lowest BCUT2D eigenvalue weighted by Crippen LogP contribution is -2.40. The van der Waals surface area contributed by atoms with E-state index in [9.17, 15) is 19.2 Å². The number of aromatic amines is 2. The Kier molecular flexibility index (Phi) is 34.4. The minimum Gasteiger partial charge on any atom is -0.453 e. The molecule has 3 amide bonds. The zero-order chi connectivity index (χ0) is 48.2. The maximum Gasteiger partial charge on any atom is 0.407 e. The van der Waals surface area contributed by atoms with Crippen molar-refractivity contribution in [1.29, 1.82) is 0 Å². The number of amides is 3. The summed E-state index contributed by atoms with van der Waals surface area (Å²) in [5, 5.41) is 4.88. The summed E-state index contributed by atoms with van der Waals surface area (Å²) < 4.78 is 4.56. The molecular formula is C49H74N8O5S. The van der Waals surface area contributed by atoms with Gasteiger partial charge in [0, 0.05) is 22.7 Å². The van der Waals surface area contributed by atoms with Crippen molar-refractivity contribution in [2.75, 3.05) is 40.3 Å². The number of carbonyl (C=O) groups excluding carboxylic acids is 4. The number of hydrogen-bond donors (Lipinski definition) is 4. The molecule has 346 valence electrons. The highest BCUT2D eigenvalue weighted by atomic mass is 32.1. The molecule has 4 N–H and O–H groups in total. The van der Waals surface area contributed by atoms with Gasteiger partial charge < -0.3 is 35.0 Å². The fourth-order valence-electron chi connectivity index (χ4n) is 5.49. The summed E-state index contributed by atoms with van der Waals surface area (Å²) >= 11 is 1.74. The molecule has 3 aromatic heterocycles. The SMILES string of the molecule is C#C.C#C.CC.CCC.CCC.CCCC(=O)NCC=O.CCCN(C)Cc1nc2ccc(-c3ccc(-c4ccc5nc(CN(CCC)C(=O)CNC(=O)OC)[nH]c5c4)s3)cc2[nH]1. The molecule has 3 heterocycles. The van der Waals surface area contributed by atoms with Gasteiger partial charge in [0.2, 0.25) is 11.8 Å². The number of rotatable bonds is 16. The van der Waals surface area contributed by atoms with E-state index in [1.165, 1.54) is 24.8 Å². The third-order valence-electron chi connectivity index (χ3n) is 7.88. The van der Waals surface area contributed by atoms with E-state index in [1.54, 1.807) is 16.2 Å². The lowest BCUT2D eigenvalue weighted by molar-refractivity contribution is -0.131. The fraction of sp³-hybridized carbons (Fsp3) is 0.469. The van der Waals surface area contributed by atoms with Crippen LogP contribution in [0.4, 0.5) is 4.79 Å². The Morgan fingerprint density at radius 1 is 0.730 bits per heavy atom. The minimum atomic E-state index is -0.630. The number of hydrogen-bond acceptors (Lipinski definition) is 9. The number of methoxy groups -OCH3 is 1. The molecule has 5 rings (SSSR count). The van der Waals surface area contributed by atoms with E-state index in [-0.39, 0.29) is 24.9 Å². The summed E-state index contributed by atoms with van der Waals surface area (Å²) in [4.78, 5) is 66.9. The van der Waals surface area contributed by atoms with Crippen molar-refractivity contribution in [2.24, 2.45) is 0 Å². The lowest BCUT2D eigenvalue weighted by Gasteiger charge is -2.21. The van der Waals surface area contributed by atoms with E-state index in [2.05, 4.69) is 140 Å². The van der Waals surface area contributed by atoms with Gasteiger partial charge in [-0.3, -0.25) is 14.5 Å². The number of aldehydes is 1. The zero-order valence-corrected chi connectivity index (χ0v) is 40.5. The molecule has 0 aliphatic heterocycles. The second-order valence-electron chi connectivity index (χ2n) is 13.5. The first-order valence-electron chi connectivity index (χ1n) is 21.7. The Morgan fingerprint density at radius 2 is 1.21 bits per heavy atom. The van der Waals surface area contributed by atoms with Gasteiger partial charge in [-0.25, -0.2) is 14.8 Å². The molecular weight excluding hydrogens is 813 g/mol. The third kappa shape index (κ3) is 22.6. The molecule has 0 aliphatic carbocycles. The summed E-state index contributed by atoms with van der Waals surface area (Å²) in [5.41, 5.74) is 6.03. The molecule has 13 nitrogen and oxygen atoms in total. The minimum absolute atomic E-state index is 0.0513. The van der Waals surface area contributed by atoms with Crippen molar-refractivity contribution in [3.63, 3.8) is 0 Å². The number of ether oxygens (including phenoxy) is 1. The summed E-state index contributed by atoms with van der Waals surface area (Å²) in [6, 6.07) is 16.9. The molecule has 2 aromatic carbocycles. The Balaban J connectivity index is 0. The van der Waals surface area contributed by atoms with Gasteiger partial charge >= 0.3 is 6.09 Å². The maximum atomic E-state index is 12.7. The molecule has 0 atom stereocenters. The normalized spacial score (nSPS) is 9.59. The van der Waals surface area contributed by atoms with Crippen molar-refractivity contribution >= 4 is 57.6 Å². The number of imidazole rings is 2. The first-order valence-corrected chi connectivity index (χ1v) is 22.5. The van der Waals surface area contributed by atoms with E-state index in [4.69, 9.17) is 9.97 Å². The van der Waals surface area contributed by atoms with Gasteiger partial charge in [0.25, 0.3) is 0 Å². The van der Waals surface area contributed by atoms with Gasteiger partial charge in [-0.15, -0.1) is 37.0 Å². The standard InChI is InChI=1S/C31H37N7O3S.C6H11NO2.2C3H8.C2H6.2C2H2/c1-5-13-37(3)18-28-33-22-9-7-20(15-24(22)35-28)26-11-12-27(42-26)21-8-10-23-25(16-21)36-29(34-23)19-38(14-6-2)30(39)17-32-31(40)41-4;1-2-3-6(9)7-4-5-8;2*1-3-2;3*1-2/h7-12,15-16H,5-6,13-14,17-19H2,1-4H3,(H,32,40)(H,33,35)(H,34,36);5H,2-4H2,1H3,(H,7,9);2*3H2,1-2H3;1-2H3;2*1-2H. The molecule has 0 spiro atoms. The van der Waals surface area contributed by atoms with Crippen LogP contribution in [0.2, 0.25) is 0 Å². The van der Waals surface area contributed by atoms with Crippen LogP contribution in [0.15, 0.2) is 48.5 Å². The predicted octanol–water partition coefficient (Wildman–Crippen LogP) is 10.2. The molecule has 14 heteroatoms. The number of nitrogens with zero attached hydrogens (tertiary/aromatic N) is 4. The smallest absolute Gasteiger partial charge is 0.407 e. The molecule has 0 aliphatic rings. The van der Waals surface area contributed by atoms with Crippen LogP contribution in [0.25, 0.3) is 42.9 Å². The first kappa shape index (κ1) is 59.1. The van der Waals surface area contributed by atoms with E-state index in [1.807, 2.05) is 33.8 Å². The Bertz CT molecular complexity index is 2040. The topological polar surface area (TPSA) is 165 Å². The predicted molar refractivity (Wildman–Crippen MR) is 264 cm³/mol. The first-order chi connectivity index (χ1) is 30.5. The van der Waals surface area contributed by atoms with Gasteiger partial charge in [0.1, 0.15) is 24.5 Å². The van der Waals surface area contributed by atoms with Gasteiger partial charge in [0.15, 0.2) is 0 Å². The van der Waals surface area contributed by atoms with Crippen molar-refractivity contribution in [1.82, 2.24) is 40.4 Å². The van der Waals surface area contributed by atoms with Gasteiger partial charge in [-0.2, -0.15) is 0 Å². The van der Waals surface area contributed by atoms with Crippen molar-refractivity contribution in [3.8, 4) is 46.6 Å². The number of nitrogens with one attached hydrogen (secondary N) is 4. The largest absolute Gasteiger partial charge is 0.453 e. The van der Waals surface area contributed by atoms with Crippen molar-refractivity contribution in [3.05, 3.63) is 60.2 Å². The molecule has 0 unspecified atom stereocenters. The average molecular weight is 887 g/mol. The van der Waals surface area contributed by atoms with Crippen LogP contribution in [-0.4, -0.2) is 94.3 Å². The molecule has 0 saturated carbocycles. The number of thiophene rings is 1. The number of fused-ring (bicyclic) bond motifs is 2. The van der Waals surface area contributed by atoms with E-state index >= 15 is 0 Å². The summed E-state index contributed by atoms with van der Waals surface area (Å²) in [7, 11) is 3.39. The van der Waals surface area contributed by atoms with Crippen LogP contribution in [-0.2, 0) is 32.2 Å². The maximum absolute atomic E-state index is 12.7. The quantitative estimate of drug-likeness (QED) is 0.0562. The Morgan fingerprint density at radius 3 is 1.63 bits per heavy atom. The molecule has 0 bridgehead atoms. The second-order valence-corrected chi connectivity index (χ2v) is 14.6. The number of benzene rings is 2. The van der Waals surface area contributed by atoms with E-state index in [0.717, 1.165) is 76.2 Å². The summed E-state index contributed by atoms with van der Waals surface area (Å²) in [5.74, 6) is 1.44. The van der Waals surface area contributed by atoms with Crippen molar-refractivity contribution in [2.45, 2.75) is 114 Å². The number of alkyl carbamates (subject to hydrolysis) is 1.